The summed E-state index contributed by atoms with van der Waals surface area (Å²) in [5.74, 6) is -0.356. The average Bonchev–Trinajstić information content (AvgIpc) is 2.63. The summed E-state index contributed by atoms with van der Waals surface area (Å²) in [6, 6.07) is 12.6. The van der Waals surface area contributed by atoms with Crippen LogP contribution in [0.15, 0.2) is 47.4 Å². The molecule has 0 radical (unpaired) electrons. The number of likely N-dealkylation sites (N-methyl/N-ethyl adjacent to an activating group) is 1. The van der Waals surface area contributed by atoms with E-state index in [0.29, 0.717) is 13.2 Å². The van der Waals surface area contributed by atoms with Crippen molar-refractivity contribution in [2.45, 2.75) is 31.9 Å². The lowest BCUT2D eigenvalue weighted by atomic mass is 10.1. The van der Waals surface area contributed by atoms with Crippen molar-refractivity contribution in [3.8, 4) is 0 Å². The first-order chi connectivity index (χ1) is 12.7. The lowest BCUT2D eigenvalue weighted by molar-refractivity contribution is -0.121. The van der Waals surface area contributed by atoms with E-state index in [0.717, 1.165) is 26.6 Å². The maximum absolute atomic E-state index is 12.6. The maximum Gasteiger partial charge on any atom is 0.243 e. The van der Waals surface area contributed by atoms with E-state index in [4.69, 9.17) is 4.74 Å². The van der Waals surface area contributed by atoms with Gasteiger partial charge in [0.05, 0.1) is 18.0 Å². The van der Waals surface area contributed by atoms with E-state index >= 15 is 0 Å². The molecule has 2 aromatic carbocycles. The Morgan fingerprint density at radius 2 is 1.67 bits per heavy atom. The van der Waals surface area contributed by atoms with Gasteiger partial charge in [0.15, 0.2) is 0 Å². The van der Waals surface area contributed by atoms with Crippen molar-refractivity contribution in [2.24, 2.45) is 0 Å². The van der Waals surface area contributed by atoms with Gasteiger partial charge >= 0.3 is 0 Å². The molecule has 0 aliphatic carbocycles. The first kappa shape index (κ1) is 21.1. The minimum atomic E-state index is -3.71. The first-order valence-electron chi connectivity index (χ1n) is 8.61. The number of sulfonamides is 1. The number of nitrogens with zero attached hydrogens (tertiary/aromatic N) is 1. The fourth-order valence-electron chi connectivity index (χ4n) is 2.52. The molecule has 1 amide bonds. The van der Waals surface area contributed by atoms with E-state index in [1.807, 2.05) is 38.1 Å². The van der Waals surface area contributed by atoms with E-state index in [2.05, 4.69) is 5.32 Å². The molecule has 27 heavy (non-hydrogen) atoms. The molecular formula is C20H26N2O4S. The molecule has 1 N–H and O–H groups in total. The quantitative estimate of drug-likeness (QED) is 0.751. The molecule has 0 aromatic heterocycles. The molecule has 2 rings (SSSR count). The Morgan fingerprint density at radius 3 is 2.26 bits per heavy atom. The smallest absolute Gasteiger partial charge is 0.243 e. The SMILES string of the molecule is COCc1ccc(CNC(=O)CN(C)S(=O)(=O)c2ccc(C)c(C)c2)cc1. The van der Waals surface area contributed by atoms with Crippen LogP contribution in [0.3, 0.4) is 0 Å². The zero-order chi connectivity index (χ0) is 20.0. The topological polar surface area (TPSA) is 75.7 Å². The van der Waals surface area contributed by atoms with Gasteiger partial charge in [-0.15, -0.1) is 0 Å². The fourth-order valence-corrected chi connectivity index (χ4v) is 3.73. The summed E-state index contributed by atoms with van der Waals surface area (Å²) in [7, 11) is -0.668. The third-order valence-electron chi connectivity index (χ3n) is 4.38. The lowest BCUT2D eigenvalue weighted by Crippen LogP contribution is -2.38. The van der Waals surface area contributed by atoms with E-state index < -0.39 is 10.0 Å². The number of amides is 1. The van der Waals surface area contributed by atoms with Gasteiger partial charge in [-0.2, -0.15) is 4.31 Å². The van der Waals surface area contributed by atoms with Crippen LogP contribution in [0.5, 0.6) is 0 Å². The zero-order valence-electron chi connectivity index (χ0n) is 16.2. The Kier molecular flexibility index (Phi) is 7.12. The van der Waals surface area contributed by atoms with Crippen molar-refractivity contribution in [1.82, 2.24) is 9.62 Å². The minimum absolute atomic E-state index is 0.189. The summed E-state index contributed by atoms with van der Waals surface area (Å²) in [5, 5.41) is 2.75. The van der Waals surface area contributed by atoms with Crippen LogP contribution in [0, 0.1) is 13.8 Å². The minimum Gasteiger partial charge on any atom is -0.380 e. The van der Waals surface area contributed by atoms with Gasteiger partial charge in [-0.3, -0.25) is 4.79 Å². The second-order valence-corrected chi connectivity index (χ2v) is 8.58. The maximum atomic E-state index is 12.6. The largest absolute Gasteiger partial charge is 0.380 e. The van der Waals surface area contributed by atoms with Gasteiger partial charge in [0.1, 0.15) is 0 Å². The molecule has 0 spiro atoms. The number of hydrogen-bond acceptors (Lipinski definition) is 4. The van der Waals surface area contributed by atoms with Gasteiger partial charge in [-0.05, 0) is 48.2 Å². The molecule has 0 fully saturated rings. The summed E-state index contributed by atoms with van der Waals surface area (Å²) in [5.41, 5.74) is 3.89. The standard InChI is InChI=1S/C20H26N2O4S/c1-15-5-10-19(11-16(15)2)27(24,25)22(3)13-20(23)21-12-17-6-8-18(9-7-17)14-26-4/h5-11H,12-14H2,1-4H3,(H,21,23). The van der Waals surface area contributed by atoms with Crippen molar-refractivity contribution >= 4 is 15.9 Å². The molecule has 0 aliphatic heterocycles. The molecule has 0 bridgehead atoms. The van der Waals surface area contributed by atoms with Gasteiger partial charge in [-0.25, -0.2) is 8.42 Å². The molecule has 0 atom stereocenters. The van der Waals surface area contributed by atoms with Crippen LogP contribution in [0.2, 0.25) is 0 Å². The second kappa shape index (κ2) is 9.12. The van der Waals surface area contributed by atoms with Crippen LogP contribution in [-0.4, -0.2) is 39.3 Å². The van der Waals surface area contributed by atoms with Gasteiger partial charge in [0, 0.05) is 20.7 Å². The summed E-state index contributed by atoms with van der Waals surface area (Å²) in [6.45, 7) is 4.41. The van der Waals surface area contributed by atoms with E-state index in [1.165, 1.54) is 7.05 Å². The van der Waals surface area contributed by atoms with E-state index in [9.17, 15) is 13.2 Å². The lowest BCUT2D eigenvalue weighted by Gasteiger charge is -2.17. The summed E-state index contributed by atoms with van der Waals surface area (Å²) in [4.78, 5) is 12.3. The number of ether oxygens (including phenoxy) is 1. The van der Waals surface area contributed by atoms with Crippen molar-refractivity contribution in [3.05, 3.63) is 64.7 Å². The number of rotatable bonds is 8. The number of nitrogens with one attached hydrogen (secondary N) is 1. The molecule has 0 unspecified atom stereocenters. The number of methoxy groups -OCH3 is 1. The Balaban J connectivity index is 1.94. The Morgan fingerprint density at radius 1 is 1.04 bits per heavy atom. The van der Waals surface area contributed by atoms with Gasteiger partial charge in [0.2, 0.25) is 15.9 Å². The van der Waals surface area contributed by atoms with Gasteiger partial charge in [0.25, 0.3) is 0 Å². The van der Waals surface area contributed by atoms with Crippen LogP contribution in [0.4, 0.5) is 0 Å². The van der Waals surface area contributed by atoms with Crippen LogP contribution >= 0.6 is 0 Å². The predicted octanol–water partition coefficient (Wildman–Crippen LogP) is 2.39. The van der Waals surface area contributed by atoms with Crippen molar-refractivity contribution in [3.63, 3.8) is 0 Å². The molecule has 0 aliphatic rings. The monoisotopic (exact) mass is 390 g/mol. The van der Waals surface area contributed by atoms with E-state index in [1.54, 1.807) is 25.3 Å². The molecular weight excluding hydrogens is 364 g/mol. The fraction of sp³-hybridized carbons (Fsp3) is 0.350. The summed E-state index contributed by atoms with van der Waals surface area (Å²) >= 11 is 0. The summed E-state index contributed by atoms with van der Waals surface area (Å²) in [6.07, 6.45) is 0. The average molecular weight is 391 g/mol. The zero-order valence-corrected chi connectivity index (χ0v) is 17.0. The highest BCUT2D eigenvalue weighted by atomic mass is 32.2. The highest BCUT2D eigenvalue weighted by Gasteiger charge is 2.23. The third kappa shape index (κ3) is 5.63. The number of aryl methyl sites for hydroxylation is 2. The Labute approximate surface area is 161 Å². The number of hydrogen-bond donors (Lipinski definition) is 1. The van der Waals surface area contributed by atoms with E-state index in [-0.39, 0.29) is 17.3 Å². The third-order valence-corrected chi connectivity index (χ3v) is 6.18. The van der Waals surface area contributed by atoms with Crippen molar-refractivity contribution in [1.29, 1.82) is 0 Å². The van der Waals surface area contributed by atoms with Gasteiger partial charge in [-0.1, -0.05) is 30.3 Å². The molecule has 7 heteroatoms. The normalized spacial score (nSPS) is 11.6. The van der Waals surface area contributed by atoms with Gasteiger partial charge < -0.3 is 10.1 Å². The molecule has 6 nitrogen and oxygen atoms in total. The van der Waals surface area contributed by atoms with Crippen molar-refractivity contribution < 1.29 is 17.9 Å². The van der Waals surface area contributed by atoms with Crippen LogP contribution in [-0.2, 0) is 32.7 Å². The number of benzene rings is 2. The molecule has 0 saturated heterocycles. The molecule has 0 saturated carbocycles. The van der Waals surface area contributed by atoms with Crippen LogP contribution in [0.1, 0.15) is 22.3 Å². The number of carbonyl (C=O) groups excluding carboxylic acids is 1. The van der Waals surface area contributed by atoms with Crippen LogP contribution < -0.4 is 5.32 Å². The van der Waals surface area contributed by atoms with Crippen LogP contribution in [0.25, 0.3) is 0 Å². The molecule has 2 aromatic rings. The molecule has 0 heterocycles. The Hall–Kier alpha value is -2.22. The Bertz CT molecular complexity index is 893. The summed E-state index contributed by atoms with van der Waals surface area (Å²) < 4.78 is 31.4. The molecule has 146 valence electrons. The highest BCUT2D eigenvalue weighted by molar-refractivity contribution is 7.89. The van der Waals surface area contributed by atoms with Crippen molar-refractivity contribution in [2.75, 3.05) is 20.7 Å². The predicted molar refractivity (Wildman–Crippen MR) is 105 cm³/mol. The second-order valence-electron chi connectivity index (χ2n) is 6.53. The highest BCUT2D eigenvalue weighted by Crippen LogP contribution is 2.18. The first-order valence-corrected chi connectivity index (χ1v) is 10.0. The number of carbonyl (C=O) groups is 1.